The van der Waals surface area contributed by atoms with E-state index in [1.54, 1.807) is 6.33 Å². The third kappa shape index (κ3) is 2.62. The highest BCUT2D eigenvalue weighted by Crippen LogP contribution is 2.32. The Morgan fingerprint density at radius 3 is 2.85 bits per heavy atom. The molecule has 1 aliphatic carbocycles. The Bertz CT molecular complexity index is 556. The third-order valence-electron chi connectivity index (χ3n) is 4.15. The van der Waals surface area contributed by atoms with Crippen LogP contribution in [0.4, 0.5) is 5.82 Å². The summed E-state index contributed by atoms with van der Waals surface area (Å²) in [5.41, 5.74) is 1.89. The quantitative estimate of drug-likeness (QED) is 0.818. The zero-order valence-corrected chi connectivity index (χ0v) is 12.2. The highest BCUT2D eigenvalue weighted by molar-refractivity contribution is 5.82. The summed E-state index contributed by atoms with van der Waals surface area (Å²) in [7, 11) is 0. The fourth-order valence-electron chi connectivity index (χ4n) is 3.01. The Hall–Kier alpha value is -1.65. The standard InChI is InChI=1S/C15H23N5/c1-2-3-6-9-16-14-13-15(18-10-17-14)20(11-19-13)12-7-4-5-8-12/h10-12H,2-9H2,1H3,(H,16,17,18). The molecule has 108 valence electrons. The molecule has 0 saturated heterocycles. The van der Waals surface area contributed by atoms with Gasteiger partial charge in [-0.1, -0.05) is 32.6 Å². The van der Waals surface area contributed by atoms with Crippen molar-refractivity contribution in [1.29, 1.82) is 0 Å². The molecule has 1 aliphatic rings. The molecule has 1 N–H and O–H groups in total. The minimum Gasteiger partial charge on any atom is -0.368 e. The van der Waals surface area contributed by atoms with Gasteiger partial charge in [0.15, 0.2) is 11.5 Å². The fraction of sp³-hybridized carbons (Fsp3) is 0.667. The molecule has 0 bridgehead atoms. The lowest BCUT2D eigenvalue weighted by atomic mass is 10.2. The molecule has 5 nitrogen and oxygen atoms in total. The Labute approximate surface area is 119 Å². The molecule has 0 amide bonds. The number of anilines is 1. The summed E-state index contributed by atoms with van der Waals surface area (Å²) in [5.74, 6) is 0.878. The van der Waals surface area contributed by atoms with Crippen LogP contribution in [0.25, 0.3) is 11.2 Å². The Kier molecular flexibility index (Phi) is 4.14. The minimum absolute atomic E-state index is 0.572. The van der Waals surface area contributed by atoms with Crippen molar-refractivity contribution in [3.8, 4) is 0 Å². The van der Waals surface area contributed by atoms with Gasteiger partial charge < -0.3 is 9.88 Å². The number of hydrogen-bond donors (Lipinski definition) is 1. The van der Waals surface area contributed by atoms with E-state index in [0.717, 1.165) is 23.5 Å². The zero-order chi connectivity index (χ0) is 13.8. The molecule has 2 aromatic heterocycles. The predicted molar refractivity (Wildman–Crippen MR) is 80.8 cm³/mol. The lowest BCUT2D eigenvalue weighted by Crippen LogP contribution is -2.06. The lowest BCUT2D eigenvalue weighted by molar-refractivity contribution is 0.529. The topological polar surface area (TPSA) is 55.6 Å². The molecule has 0 atom stereocenters. The normalized spacial score (nSPS) is 16.1. The molecule has 20 heavy (non-hydrogen) atoms. The molecular weight excluding hydrogens is 250 g/mol. The van der Waals surface area contributed by atoms with E-state index in [9.17, 15) is 0 Å². The summed E-state index contributed by atoms with van der Waals surface area (Å²) in [6, 6.07) is 0.572. The smallest absolute Gasteiger partial charge is 0.165 e. The average molecular weight is 273 g/mol. The number of hydrogen-bond acceptors (Lipinski definition) is 4. The van der Waals surface area contributed by atoms with Crippen molar-refractivity contribution in [3.05, 3.63) is 12.7 Å². The molecule has 0 aliphatic heterocycles. The summed E-state index contributed by atoms with van der Waals surface area (Å²) in [6.07, 6.45) is 12.4. The van der Waals surface area contributed by atoms with Gasteiger partial charge in [0, 0.05) is 12.6 Å². The maximum atomic E-state index is 4.54. The Morgan fingerprint density at radius 2 is 2.05 bits per heavy atom. The first-order valence-electron chi connectivity index (χ1n) is 7.81. The lowest BCUT2D eigenvalue weighted by Gasteiger charge is -2.11. The van der Waals surface area contributed by atoms with Gasteiger partial charge in [0.2, 0.25) is 0 Å². The molecule has 0 spiro atoms. The third-order valence-corrected chi connectivity index (χ3v) is 4.15. The van der Waals surface area contributed by atoms with Gasteiger partial charge in [0.1, 0.15) is 11.8 Å². The monoisotopic (exact) mass is 273 g/mol. The van der Waals surface area contributed by atoms with E-state index >= 15 is 0 Å². The van der Waals surface area contributed by atoms with Gasteiger partial charge in [0.05, 0.1) is 6.33 Å². The Balaban J connectivity index is 1.80. The molecular formula is C15H23N5. The summed E-state index contributed by atoms with van der Waals surface area (Å²) in [4.78, 5) is 13.3. The van der Waals surface area contributed by atoms with Gasteiger partial charge >= 0.3 is 0 Å². The number of imidazole rings is 1. The van der Waals surface area contributed by atoms with Gasteiger partial charge in [-0.25, -0.2) is 15.0 Å². The van der Waals surface area contributed by atoms with E-state index in [1.165, 1.54) is 44.9 Å². The van der Waals surface area contributed by atoms with Crippen LogP contribution in [-0.4, -0.2) is 26.1 Å². The van der Waals surface area contributed by atoms with E-state index < -0.39 is 0 Å². The highest BCUT2D eigenvalue weighted by Gasteiger charge is 2.20. The van der Waals surface area contributed by atoms with Crippen molar-refractivity contribution < 1.29 is 0 Å². The molecule has 0 radical (unpaired) electrons. The predicted octanol–water partition coefficient (Wildman–Crippen LogP) is 3.54. The molecule has 5 heteroatoms. The summed E-state index contributed by atoms with van der Waals surface area (Å²) in [6.45, 7) is 3.17. The van der Waals surface area contributed by atoms with Crippen molar-refractivity contribution in [2.75, 3.05) is 11.9 Å². The maximum absolute atomic E-state index is 4.54. The van der Waals surface area contributed by atoms with E-state index in [0.29, 0.717) is 6.04 Å². The van der Waals surface area contributed by atoms with Crippen LogP contribution in [0.1, 0.15) is 57.9 Å². The van der Waals surface area contributed by atoms with E-state index in [4.69, 9.17) is 0 Å². The number of rotatable bonds is 6. The van der Waals surface area contributed by atoms with Crippen molar-refractivity contribution in [3.63, 3.8) is 0 Å². The van der Waals surface area contributed by atoms with Crippen molar-refractivity contribution in [2.45, 2.75) is 57.9 Å². The SMILES string of the molecule is CCCCCNc1ncnc2c1ncn2C1CCCC1. The molecule has 0 unspecified atom stereocenters. The van der Waals surface area contributed by atoms with E-state index in [-0.39, 0.29) is 0 Å². The van der Waals surface area contributed by atoms with E-state index in [1.807, 2.05) is 6.33 Å². The van der Waals surface area contributed by atoms with Gasteiger partial charge in [0.25, 0.3) is 0 Å². The number of nitrogens with zero attached hydrogens (tertiary/aromatic N) is 4. The first-order chi connectivity index (χ1) is 9.90. The highest BCUT2D eigenvalue weighted by atomic mass is 15.2. The van der Waals surface area contributed by atoms with Crippen LogP contribution in [0.15, 0.2) is 12.7 Å². The van der Waals surface area contributed by atoms with Crippen LogP contribution >= 0.6 is 0 Å². The molecule has 1 saturated carbocycles. The number of aromatic nitrogens is 4. The average Bonchev–Trinajstić information content (AvgIpc) is 3.12. The summed E-state index contributed by atoms with van der Waals surface area (Å²) < 4.78 is 2.24. The van der Waals surface area contributed by atoms with Crippen LogP contribution in [0.5, 0.6) is 0 Å². The van der Waals surface area contributed by atoms with Crippen LogP contribution < -0.4 is 5.32 Å². The second kappa shape index (κ2) is 6.20. The van der Waals surface area contributed by atoms with Crippen molar-refractivity contribution in [1.82, 2.24) is 19.5 Å². The van der Waals surface area contributed by atoms with Crippen molar-refractivity contribution in [2.24, 2.45) is 0 Å². The van der Waals surface area contributed by atoms with Gasteiger partial charge in [-0.3, -0.25) is 0 Å². The van der Waals surface area contributed by atoms with Crippen LogP contribution in [0, 0.1) is 0 Å². The largest absolute Gasteiger partial charge is 0.368 e. The van der Waals surface area contributed by atoms with Crippen LogP contribution in [0.2, 0.25) is 0 Å². The van der Waals surface area contributed by atoms with Crippen LogP contribution in [-0.2, 0) is 0 Å². The van der Waals surface area contributed by atoms with E-state index in [2.05, 4.69) is 31.8 Å². The Morgan fingerprint density at radius 1 is 1.20 bits per heavy atom. The van der Waals surface area contributed by atoms with Crippen LogP contribution in [0.3, 0.4) is 0 Å². The summed E-state index contributed by atoms with van der Waals surface area (Å²) in [5, 5.41) is 3.40. The van der Waals surface area contributed by atoms with Crippen molar-refractivity contribution >= 4 is 17.0 Å². The number of nitrogens with one attached hydrogen (secondary N) is 1. The van der Waals surface area contributed by atoms with Gasteiger partial charge in [-0.2, -0.15) is 0 Å². The first kappa shape index (κ1) is 13.3. The zero-order valence-electron chi connectivity index (χ0n) is 12.2. The van der Waals surface area contributed by atoms with Gasteiger partial charge in [-0.15, -0.1) is 0 Å². The van der Waals surface area contributed by atoms with Gasteiger partial charge in [-0.05, 0) is 19.3 Å². The molecule has 2 aromatic rings. The summed E-state index contributed by atoms with van der Waals surface area (Å²) >= 11 is 0. The molecule has 1 fully saturated rings. The maximum Gasteiger partial charge on any atom is 0.165 e. The molecule has 3 rings (SSSR count). The second-order valence-corrected chi connectivity index (χ2v) is 5.62. The fourth-order valence-corrected chi connectivity index (χ4v) is 3.01. The molecule has 0 aromatic carbocycles. The minimum atomic E-state index is 0.572. The number of unbranched alkanes of at least 4 members (excludes halogenated alkanes) is 2. The number of fused-ring (bicyclic) bond motifs is 1. The second-order valence-electron chi connectivity index (χ2n) is 5.62. The molecule has 2 heterocycles. The first-order valence-corrected chi connectivity index (χ1v) is 7.81.